The maximum atomic E-state index is 12.6. The summed E-state index contributed by atoms with van der Waals surface area (Å²) in [4.78, 5) is 32.2. The quantitative estimate of drug-likeness (QED) is 0.855. The van der Waals surface area contributed by atoms with Gasteiger partial charge in [0.25, 0.3) is 5.91 Å². The second-order valence-electron chi connectivity index (χ2n) is 5.63. The van der Waals surface area contributed by atoms with E-state index >= 15 is 0 Å². The van der Waals surface area contributed by atoms with Crippen LogP contribution in [-0.4, -0.2) is 53.3 Å². The number of carbonyl (C=O) groups excluding carboxylic acids is 2. The summed E-state index contributed by atoms with van der Waals surface area (Å²) in [5.74, 6) is 0.689. The summed E-state index contributed by atoms with van der Waals surface area (Å²) in [5, 5.41) is 1.75. The molecule has 0 N–H and O–H groups in total. The Labute approximate surface area is 144 Å². The number of amides is 2. The molecule has 1 aromatic heterocycles. The van der Waals surface area contributed by atoms with Gasteiger partial charge in [0.15, 0.2) is 0 Å². The molecule has 1 unspecified atom stereocenters. The van der Waals surface area contributed by atoms with Gasteiger partial charge < -0.3 is 14.5 Å². The number of benzene rings is 1. The van der Waals surface area contributed by atoms with Gasteiger partial charge in [-0.1, -0.05) is 12.1 Å². The van der Waals surface area contributed by atoms with Crippen LogP contribution in [0.4, 0.5) is 0 Å². The summed E-state index contributed by atoms with van der Waals surface area (Å²) >= 11 is 1.40. The molecule has 1 aliphatic rings. The van der Waals surface area contributed by atoms with E-state index in [-0.39, 0.29) is 17.9 Å². The third kappa shape index (κ3) is 3.26. The van der Waals surface area contributed by atoms with Crippen LogP contribution in [0.2, 0.25) is 0 Å². The Morgan fingerprint density at radius 3 is 2.58 bits per heavy atom. The third-order valence-corrected chi connectivity index (χ3v) is 4.81. The van der Waals surface area contributed by atoms with Crippen molar-refractivity contribution >= 4 is 23.2 Å². The van der Waals surface area contributed by atoms with E-state index in [9.17, 15) is 9.59 Å². The highest BCUT2D eigenvalue weighted by Gasteiger charge is 2.32. The molecule has 0 saturated carbocycles. The Morgan fingerprint density at radius 1 is 1.25 bits per heavy atom. The van der Waals surface area contributed by atoms with Crippen LogP contribution in [0.25, 0.3) is 0 Å². The standard InChI is InChI=1S/C17H19N3O3S/c1-12(21)20-8-7-19(17(22)15-10-24-11-18-15)9-16(20)13-3-5-14(23-2)6-4-13/h3-6,10-11,16H,7-9H2,1-2H3. The highest BCUT2D eigenvalue weighted by Crippen LogP contribution is 2.28. The van der Waals surface area contributed by atoms with Crippen molar-refractivity contribution in [1.29, 1.82) is 0 Å². The molecule has 2 heterocycles. The van der Waals surface area contributed by atoms with Gasteiger partial charge in [0.1, 0.15) is 11.4 Å². The summed E-state index contributed by atoms with van der Waals surface area (Å²) in [6, 6.07) is 7.46. The number of ether oxygens (including phenoxy) is 1. The first-order valence-electron chi connectivity index (χ1n) is 7.68. The molecule has 2 aromatic rings. The fourth-order valence-corrected chi connectivity index (χ4v) is 3.46. The molecule has 1 aliphatic heterocycles. The molecule has 0 bridgehead atoms. The van der Waals surface area contributed by atoms with Crippen molar-refractivity contribution < 1.29 is 14.3 Å². The van der Waals surface area contributed by atoms with Gasteiger partial charge in [-0.25, -0.2) is 4.98 Å². The van der Waals surface area contributed by atoms with E-state index in [0.29, 0.717) is 25.3 Å². The Hall–Kier alpha value is -2.41. The topological polar surface area (TPSA) is 62.7 Å². The van der Waals surface area contributed by atoms with Crippen LogP contribution in [-0.2, 0) is 4.79 Å². The Kier molecular flexibility index (Phi) is 4.80. The minimum absolute atomic E-state index is 0.0107. The first kappa shape index (κ1) is 16.4. The van der Waals surface area contributed by atoms with Crippen molar-refractivity contribution in [3.8, 4) is 5.75 Å². The van der Waals surface area contributed by atoms with Gasteiger partial charge in [0, 0.05) is 31.9 Å². The normalized spacial score (nSPS) is 17.7. The molecule has 3 rings (SSSR count). The predicted octanol–water partition coefficient (Wildman–Crippen LogP) is 2.20. The lowest BCUT2D eigenvalue weighted by Crippen LogP contribution is -2.51. The fourth-order valence-electron chi connectivity index (χ4n) is 2.94. The molecule has 1 atom stereocenters. The van der Waals surface area contributed by atoms with Crippen LogP contribution in [0, 0.1) is 0 Å². The molecule has 126 valence electrons. The second kappa shape index (κ2) is 7.00. The van der Waals surface area contributed by atoms with E-state index < -0.39 is 0 Å². The average molecular weight is 345 g/mol. The fraction of sp³-hybridized carbons (Fsp3) is 0.353. The van der Waals surface area contributed by atoms with E-state index in [1.165, 1.54) is 11.3 Å². The minimum Gasteiger partial charge on any atom is -0.497 e. The predicted molar refractivity (Wildman–Crippen MR) is 91.1 cm³/mol. The van der Waals surface area contributed by atoms with Crippen molar-refractivity contribution in [2.75, 3.05) is 26.7 Å². The molecule has 1 saturated heterocycles. The number of methoxy groups -OCH3 is 1. The number of carbonyl (C=O) groups is 2. The zero-order valence-electron chi connectivity index (χ0n) is 13.6. The Bertz CT molecular complexity index is 715. The van der Waals surface area contributed by atoms with E-state index in [1.54, 1.807) is 29.8 Å². The van der Waals surface area contributed by atoms with Crippen molar-refractivity contribution in [2.24, 2.45) is 0 Å². The van der Waals surface area contributed by atoms with Crippen LogP contribution < -0.4 is 4.74 Å². The van der Waals surface area contributed by atoms with Crippen LogP contribution in [0.3, 0.4) is 0 Å². The van der Waals surface area contributed by atoms with Gasteiger partial charge in [-0.2, -0.15) is 0 Å². The third-order valence-electron chi connectivity index (χ3n) is 4.22. The van der Waals surface area contributed by atoms with E-state index in [0.717, 1.165) is 11.3 Å². The second-order valence-corrected chi connectivity index (χ2v) is 6.34. The van der Waals surface area contributed by atoms with Crippen LogP contribution >= 0.6 is 11.3 Å². The van der Waals surface area contributed by atoms with E-state index in [1.807, 2.05) is 29.2 Å². The van der Waals surface area contributed by atoms with Crippen molar-refractivity contribution in [2.45, 2.75) is 13.0 Å². The summed E-state index contributed by atoms with van der Waals surface area (Å²) in [5.41, 5.74) is 3.10. The first-order chi connectivity index (χ1) is 11.6. The molecular formula is C17H19N3O3S. The molecule has 0 radical (unpaired) electrons. The Balaban J connectivity index is 1.84. The maximum Gasteiger partial charge on any atom is 0.273 e. The number of rotatable bonds is 3. The molecule has 0 spiro atoms. The van der Waals surface area contributed by atoms with Gasteiger partial charge in [-0.05, 0) is 17.7 Å². The van der Waals surface area contributed by atoms with Gasteiger partial charge in [-0.3, -0.25) is 9.59 Å². The molecule has 1 fully saturated rings. The van der Waals surface area contributed by atoms with E-state index in [4.69, 9.17) is 4.74 Å². The number of thiazole rings is 1. The molecular weight excluding hydrogens is 326 g/mol. The Morgan fingerprint density at radius 2 is 2.00 bits per heavy atom. The lowest BCUT2D eigenvalue weighted by molar-refractivity contribution is -0.133. The zero-order valence-corrected chi connectivity index (χ0v) is 14.5. The lowest BCUT2D eigenvalue weighted by Gasteiger charge is -2.41. The van der Waals surface area contributed by atoms with Crippen molar-refractivity contribution in [3.05, 3.63) is 46.4 Å². The highest BCUT2D eigenvalue weighted by molar-refractivity contribution is 7.07. The van der Waals surface area contributed by atoms with Gasteiger partial charge >= 0.3 is 0 Å². The lowest BCUT2D eigenvalue weighted by atomic mass is 10.0. The molecule has 24 heavy (non-hydrogen) atoms. The molecule has 1 aromatic carbocycles. The number of hydrogen-bond acceptors (Lipinski definition) is 5. The van der Waals surface area contributed by atoms with Crippen LogP contribution in [0.5, 0.6) is 5.75 Å². The minimum atomic E-state index is -0.162. The van der Waals surface area contributed by atoms with Gasteiger partial charge in [0.05, 0.1) is 18.7 Å². The van der Waals surface area contributed by atoms with Gasteiger partial charge in [0.2, 0.25) is 5.91 Å². The highest BCUT2D eigenvalue weighted by atomic mass is 32.1. The zero-order chi connectivity index (χ0) is 17.1. The summed E-state index contributed by atoms with van der Waals surface area (Å²) in [7, 11) is 1.62. The van der Waals surface area contributed by atoms with Crippen molar-refractivity contribution in [1.82, 2.24) is 14.8 Å². The smallest absolute Gasteiger partial charge is 0.273 e. The van der Waals surface area contributed by atoms with Crippen LogP contribution in [0.1, 0.15) is 29.0 Å². The maximum absolute atomic E-state index is 12.6. The molecule has 7 heteroatoms. The van der Waals surface area contributed by atoms with Gasteiger partial charge in [-0.15, -0.1) is 11.3 Å². The largest absolute Gasteiger partial charge is 0.497 e. The number of hydrogen-bond donors (Lipinski definition) is 0. The summed E-state index contributed by atoms with van der Waals surface area (Å²) in [6.45, 7) is 3.06. The number of nitrogens with zero attached hydrogens (tertiary/aromatic N) is 3. The van der Waals surface area contributed by atoms with Crippen molar-refractivity contribution in [3.63, 3.8) is 0 Å². The summed E-state index contributed by atoms with van der Waals surface area (Å²) < 4.78 is 5.19. The molecule has 2 amide bonds. The number of aromatic nitrogens is 1. The molecule has 6 nitrogen and oxygen atoms in total. The summed E-state index contributed by atoms with van der Waals surface area (Å²) in [6.07, 6.45) is 0. The number of piperazine rings is 1. The first-order valence-corrected chi connectivity index (χ1v) is 8.63. The SMILES string of the molecule is COc1ccc(C2CN(C(=O)c3cscn3)CCN2C(C)=O)cc1. The van der Waals surface area contributed by atoms with E-state index in [2.05, 4.69) is 4.98 Å². The van der Waals surface area contributed by atoms with Crippen LogP contribution in [0.15, 0.2) is 35.2 Å². The monoisotopic (exact) mass is 345 g/mol. The average Bonchev–Trinajstić information content (AvgIpc) is 3.15. The molecule has 0 aliphatic carbocycles.